The lowest BCUT2D eigenvalue weighted by Crippen LogP contribution is -2.46. The van der Waals surface area contributed by atoms with Gasteiger partial charge in [-0.3, -0.25) is 19.2 Å². The molecule has 0 spiro atoms. The van der Waals surface area contributed by atoms with Gasteiger partial charge in [0.15, 0.2) is 0 Å². The van der Waals surface area contributed by atoms with Gasteiger partial charge >= 0.3 is 11.9 Å². The van der Waals surface area contributed by atoms with Crippen molar-refractivity contribution >= 4 is 41.3 Å². The Bertz CT molecular complexity index is 1880. The summed E-state index contributed by atoms with van der Waals surface area (Å²) in [5, 5.41) is 20.9. The van der Waals surface area contributed by atoms with Gasteiger partial charge in [-0.05, 0) is 65.5 Å². The predicted molar refractivity (Wildman–Crippen MR) is 216 cm³/mol. The van der Waals surface area contributed by atoms with Gasteiger partial charge < -0.3 is 31.1 Å². The molecule has 3 aromatic rings. The van der Waals surface area contributed by atoms with Gasteiger partial charge in [0.1, 0.15) is 23.9 Å². The molecule has 58 heavy (non-hydrogen) atoms. The van der Waals surface area contributed by atoms with Crippen LogP contribution in [0.1, 0.15) is 93.7 Å². The highest BCUT2D eigenvalue weighted by Gasteiger charge is 2.40. The molecule has 5 N–H and O–H groups in total. The average Bonchev–Trinajstić information content (AvgIpc) is 3.66. The number of carbonyl (C=O) groups excluding carboxylic acids is 5. The summed E-state index contributed by atoms with van der Waals surface area (Å²) >= 11 is 0. The van der Waals surface area contributed by atoms with Crippen molar-refractivity contribution in [2.75, 3.05) is 12.4 Å². The van der Waals surface area contributed by atoms with Gasteiger partial charge in [0.05, 0.1) is 13.5 Å². The lowest BCUT2D eigenvalue weighted by molar-refractivity contribution is -0.145. The van der Waals surface area contributed by atoms with E-state index in [0.717, 1.165) is 50.5 Å². The molecule has 0 bridgehead atoms. The number of anilines is 1. The Balaban J connectivity index is 1.19. The monoisotopic (exact) mass is 798 g/mol. The van der Waals surface area contributed by atoms with E-state index in [1.807, 2.05) is 18.2 Å². The molecule has 0 aliphatic heterocycles. The molecule has 2 aliphatic carbocycles. The van der Waals surface area contributed by atoms with E-state index < -0.39 is 59.0 Å². The van der Waals surface area contributed by atoms with E-state index in [9.17, 15) is 38.3 Å². The summed E-state index contributed by atoms with van der Waals surface area (Å²) in [5.41, 5.74) is 1.42. The van der Waals surface area contributed by atoms with Crippen molar-refractivity contribution in [3.8, 4) is 0 Å². The number of carboxylic acids is 1. The Morgan fingerprint density at radius 3 is 1.93 bits per heavy atom. The molecule has 0 unspecified atom stereocenters. The minimum Gasteiger partial charge on any atom is -0.480 e. The van der Waals surface area contributed by atoms with Crippen molar-refractivity contribution in [2.45, 2.75) is 114 Å². The standard InChI is InChI=1S/C45H55FN4O8/c1-58-44(57)38(50-41(53)29-45(22-10-11-23-45)28-40(52)49-37(43(55)56)24-30-12-4-2-5-13-30)25-32-18-20-34(21-19-32)47-42(54)36(27-33-16-8-9-17-35(33)46)48-39(51)26-31-14-6-3-7-15-31/h3,6-9,14-21,30,36-38H,2,4-5,10-13,22-29H2,1H3,(H,47,54)(H,48,51)(H,49,52)(H,50,53)(H,55,56)/t36-,37-,38+/m0/s1. The van der Waals surface area contributed by atoms with Crippen LogP contribution in [0.5, 0.6) is 0 Å². The maximum Gasteiger partial charge on any atom is 0.328 e. The minimum absolute atomic E-state index is 0.00478. The summed E-state index contributed by atoms with van der Waals surface area (Å²) < 4.78 is 19.6. The molecule has 0 heterocycles. The fourth-order valence-corrected chi connectivity index (χ4v) is 8.34. The van der Waals surface area contributed by atoms with E-state index in [2.05, 4.69) is 21.3 Å². The minimum atomic E-state index is -1.08. The Kier molecular flexibility index (Phi) is 15.9. The number of rotatable bonds is 19. The normalized spacial score (nSPS) is 16.6. The van der Waals surface area contributed by atoms with Crippen LogP contribution < -0.4 is 21.3 Å². The molecule has 310 valence electrons. The summed E-state index contributed by atoms with van der Waals surface area (Å²) in [7, 11) is 1.23. The van der Waals surface area contributed by atoms with Gasteiger partial charge in [-0.25, -0.2) is 14.0 Å². The molecule has 5 rings (SSSR count). The van der Waals surface area contributed by atoms with Gasteiger partial charge in [0.25, 0.3) is 0 Å². The summed E-state index contributed by atoms with van der Waals surface area (Å²) in [6.45, 7) is 0. The summed E-state index contributed by atoms with van der Waals surface area (Å²) in [4.78, 5) is 78.2. The first-order valence-electron chi connectivity index (χ1n) is 20.3. The maximum atomic E-state index is 14.6. The fraction of sp³-hybridized carbons (Fsp3) is 0.467. The van der Waals surface area contributed by atoms with E-state index in [-0.39, 0.29) is 49.5 Å². The second kappa shape index (κ2) is 21.2. The van der Waals surface area contributed by atoms with E-state index in [1.54, 1.807) is 54.6 Å². The molecule has 3 atom stereocenters. The van der Waals surface area contributed by atoms with Crippen molar-refractivity contribution < 1.29 is 43.0 Å². The number of halogens is 1. The van der Waals surface area contributed by atoms with Crippen LogP contribution in [-0.2, 0) is 52.8 Å². The largest absolute Gasteiger partial charge is 0.480 e. The highest BCUT2D eigenvalue weighted by molar-refractivity contribution is 5.97. The number of hydrogen-bond donors (Lipinski definition) is 5. The first-order valence-corrected chi connectivity index (χ1v) is 20.3. The third kappa shape index (κ3) is 13.2. The smallest absolute Gasteiger partial charge is 0.328 e. The highest BCUT2D eigenvalue weighted by Crippen LogP contribution is 2.44. The van der Waals surface area contributed by atoms with Crippen molar-refractivity contribution in [1.82, 2.24) is 16.0 Å². The first-order chi connectivity index (χ1) is 27.9. The van der Waals surface area contributed by atoms with E-state index in [4.69, 9.17) is 4.74 Å². The van der Waals surface area contributed by atoms with E-state index >= 15 is 0 Å². The summed E-state index contributed by atoms with van der Waals surface area (Å²) in [6, 6.07) is 18.6. The first kappa shape index (κ1) is 43.5. The summed E-state index contributed by atoms with van der Waals surface area (Å²) in [6.07, 6.45) is 8.57. The summed E-state index contributed by atoms with van der Waals surface area (Å²) in [5.74, 6) is -3.68. The lowest BCUT2D eigenvalue weighted by Gasteiger charge is -2.30. The van der Waals surface area contributed by atoms with Gasteiger partial charge in [0, 0.05) is 31.4 Å². The molecule has 3 aromatic carbocycles. The second-order valence-electron chi connectivity index (χ2n) is 15.9. The Labute approximate surface area is 339 Å². The molecule has 2 fully saturated rings. The molecule has 0 aromatic heterocycles. The molecular formula is C45H55FN4O8. The molecule has 12 nitrogen and oxygen atoms in total. The third-order valence-corrected chi connectivity index (χ3v) is 11.4. The average molecular weight is 799 g/mol. The van der Waals surface area contributed by atoms with Crippen molar-refractivity contribution in [1.29, 1.82) is 0 Å². The number of aliphatic carboxylic acids is 1. The zero-order valence-electron chi connectivity index (χ0n) is 33.1. The number of benzene rings is 3. The number of carboxylic acid groups (broad SMARTS) is 1. The fourth-order valence-electron chi connectivity index (χ4n) is 8.34. The van der Waals surface area contributed by atoms with Gasteiger partial charge in [-0.15, -0.1) is 0 Å². The predicted octanol–water partition coefficient (Wildman–Crippen LogP) is 5.82. The molecule has 4 amide bonds. The van der Waals surface area contributed by atoms with Crippen molar-refractivity contribution in [2.24, 2.45) is 11.3 Å². The van der Waals surface area contributed by atoms with Crippen LogP contribution in [0.2, 0.25) is 0 Å². The van der Waals surface area contributed by atoms with Crippen LogP contribution in [0.25, 0.3) is 0 Å². The second-order valence-corrected chi connectivity index (χ2v) is 15.9. The number of hydrogen-bond acceptors (Lipinski definition) is 7. The number of carbonyl (C=O) groups is 6. The SMILES string of the molecule is COC(=O)[C@@H](Cc1ccc(NC(=O)[C@H](Cc2ccccc2F)NC(=O)Cc2ccccc2)cc1)NC(=O)CC1(CC(=O)N[C@@H](CC2CCCCC2)C(=O)O)CCCC1. The van der Waals surface area contributed by atoms with Crippen LogP contribution in [0.3, 0.4) is 0 Å². The maximum absolute atomic E-state index is 14.6. The van der Waals surface area contributed by atoms with Gasteiger partial charge in [-0.1, -0.05) is 106 Å². The van der Waals surface area contributed by atoms with Gasteiger partial charge in [0.2, 0.25) is 23.6 Å². The van der Waals surface area contributed by atoms with E-state index in [0.29, 0.717) is 30.5 Å². The van der Waals surface area contributed by atoms with Crippen LogP contribution in [0.4, 0.5) is 10.1 Å². The highest BCUT2D eigenvalue weighted by atomic mass is 19.1. The third-order valence-electron chi connectivity index (χ3n) is 11.4. The van der Waals surface area contributed by atoms with Crippen LogP contribution in [-0.4, -0.2) is 65.9 Å². The molecule has 0 saturated heterocycles. The number of methoxy groups -OCH3 is 1. The zero-order chi connectivity index (χ0) is 41.5. The van der Waals surface area contributed by atoms with Crippen molar-refractivity contribution in [3.63, 3.8) is 0 Å². The molecule has 2 aliphatic rings. The van der Waals surface area contributed by atoms with Crippen LogP contribution in [0.15, 0.2) is 78.9 Å². The Morgan fingerprint density at radius 2 is 1.31 bits per heavy atom. The number of nitrogens with one attached hydrogen (secondary N) is 4. The van der Waals surface area contributed by atoms with Crippen LogP contribution >= 0.6 is 0 Å². The van der Waals surface area contributed by atoms with Crippen LogP contribution in [0, 0.1) is 17.2 Å². The Morgan fingerprint density at radius 1 is 0.707 bits per heavy atom. The zero-order valence-corrected chi connectivity index (χ0v) is 33.1. The quantitative estimate of drug-likeness (QED) is 0.0943. The molecule has 13 heteroatoms. The lowest BCUT2D eigenvalue weighted by atomic mass is 9.78. The van der Waals surface area contributed by atoms with E-state index in [1.165, 1.54) is 13.2 Å². The number of ether oxygens (including phenoxy) is 1. The molecule has 0 radical (unpaired) electrons. The van der Waals surface area contributed by atoms with Crippen molar-refractivity contribution in [3.05, 3.63) is 101 Å². The topological polar surface area (TPSA) is 180 Å². The Hall–Kier alpha value is -5.59. The number of amides is 4. The molecular weight excluding hydrogens is 744 g/mol. The van der Waals surface area contributed by atoms with Gasteiger partial charge in [-0.2, -0.15) is 0 Å². The molecule has 2 saturated carbocycles. The number of esters is 1.